The van der Waals surface area contributed by atoms with Gasteiger partial charge in [0.15, 0.2) is 0 Å². The molecule has 0 saturated carbocycles. The molecule has 18 aromatic rings. The standard InChI is InChI=1S/C103H66/c1-7-31-71(32-8-1)101(72-33-9-2-10-34-72)91-53-29-27-43-77(91)79-59-55-67(63-93(79)101)68-56-60-81-82-62-58-70(66-96(82)103(94(81)64-68,75-39-15-5-16-40-75)76-41-17-6-18-42-76)98-85-47-21-25-51-89(85)100(90-52-26-22-48-86(90)98)99-87-49-23-19-45-83(87)97(84-46-20-24-50-88(84)99)69-57-61-80-78-44-28-30-54-92(78)102(95(80)65-69,73-35-11-3-12-36-73)74-37-13-4-14-38-74/h1-66H. The molecule has 0 heterocycles. The van der Waals surface area contributed by atoms with Crippen LogP contribution in [0.25, 0.3) is 121 Å². The molecule has 0 aliphatic heterocycles. The van der Waals surface area contributed by atoms with Crippen LogP contribution < -0.4 is 0 Å². The molecule has 478 valence electrons. The Kier molecular flexibility index (Phi) is 13.2. The van der Waals surface area contributed by atoms with E-state index in [0.717, 1.165) is 0 Å². The summed E-state index contributed by atoms with van der Waals surface area (Å²) in [5.41, 5.74) is 30.9. The topological polar surface area (TPSA) is 0 Å². The van der Waals surface area contributed by atoms with E-state index in [-0.39, 0.29) is 0 Å². The molecule has 0 N–H and O–H groups in total. The normalized spacial score (nSPS) is 13.9. The zero-order valence-electron chi connectivity index (χ0n) is 56.6. The molecule has 0 unspecified atom stereocenters. The van der Waals surface area contributed by atoms with Crippen LogP contribution in [0.5, 0.6) is 0 Å². The molecule has 0 spiro atoms. The highest BCUT2D eigenvalue weighted by atomic mass is 14.5. The second kappa shape index (κ2) is 23.0. The number of hydrogen-bond donors (Lipinski definition) is 0. The monoisotopic (exact) mass is 1300 g/mol. The molecule has 0 fully saturated rings. The fourth-order valence-electron chi connectivity index (χ4n) is 19.5. The first kappa shape index (κ1) is 58.9. The Bertz CT molecular complexity index is 6210. The van der Waals surface area contributed by atoms with Crippen LogP contribution in [-0.2, 0) is 16.2 Å². The highest BCUT2D eigenvalue weighted by molar-refractivity contribution is 6.30. The van der Waals surface area contributed by atoms with E-state index in [2.05, 4.69) is 400 Å². The average molecular weight is 1300 g/mol. The third-order valence-corrected chi connectivity index (χ3v) is 23.5. The second-order valence-corrected chi connectivity index (χ2v) is 28.3. The van der Waals surface area contributed by atoms with E-state index < -0.39 is 16.2 Å². The molecule has 0 saturated heterocycles. The van der Waals surface area contributed by atoms with Gasteiger partial charge in [-0.25, -0.2) is 0 Å². The Morgan fingerprint density at radius 2 is 0.311 bits per heavy atom. The van der Waals surface area contributed by atoms with Gasteiger partial charge in [-0.3, -0.25) is 0 Å². The summed E-state index contributed by atoms with van der Waals surface area (Å²) in [6.45, 7) is 0. The molecule has 0 heteroatoms. The molecule has 0 radical (unpaired) electrons. The van der Waals surface area contributed by atoms with E-state index in [1.165, 1.54) is 188 Å². The third-order valence-electron chi connectivity index (χ3n) is 23.5. The smallest absolute Gasteiger partial charge is 0.0622 e. The molecule has 3 aliphatic rings. The summed E-state index contributed by atoms with van der Waals surface area (Å²) in [5.74, 6) is 0. The Morgan fingerprint density at radius 1 is 0.126 bits per heavy atom. The molecule has 0 nitrogen and oxygen atoms in total. The summed E-state index contributed by atoms with van der Waals surface area (Å²) in [6, 6.07) is 152. The van der Waals surface area contributed by atoms with Crippen LogP contribution in [0.1, 0.15) is 66.8 Å². The maximum Gasteiger partial charge on any atom is 0.0713 e. The fourth-order valence-corrected chi connectivity index (χ4v) is 19.5. The van der Waals surface area contributed by atoms with Crippen LogP contribution in [0.4, 0.5) is 0 Å². The van der Waals surface area contributed by atoms with Crippen LogP contribution in [0.15, 0.2) is 400 Å². The van der Waals surface area contributed by atoms with Crippen LogP contribution >= 0.6 is 0 Å². The number of benzene rings is 18. The first-order chi connectivity index (χ1) is 51.1. The molecule has 21 rings (SSSR count). The summed E-state index contributed by atoms with van der Waals surface area (Å²) in [5, 5.41) is 9.77. The van der Waals surface area contributed by atoms with E-state index in [4.69, 9.17) is 0 Å². The number of hydrogen-bond acceptors (Lipinski definition) is 0. The Balaban J connectivity index is 0.763. The lowest BCUT2D eigenvalue weighted by molar-refractivity contribution is 0.767. The van der Waals surface area contributed by atoms with Gasteiger partial charge in [-0.05, 0) is 212 Å². The van der Waals surface area contributed by atoms with Gasteiger partial charge >= 0.3 is 0 Å². The summed E-state index contributed by atoms with van der Waals surface area (Å²) in [4.78, 5) is 0. The van der Waals surface area contributed by atoms with Crippen molar-refractivity contribution in [1.29, 1.82) is 0 Å². The molecular weight excluding hydrogens is 1240 g/mol. The lowest BCUT2D eigenvalue weighted by Crippen LogP contribution is -2.28. The zero-order chi connectivity index (χ0) is 67.8. The third kappa shape index (κ3) is 8.29. The van der Waals surface area contributed by atoms with E-state index in [0.29, 0.717) is 0 Å². The molecule has 103 heavy (non-hydrogen) atoms. The maximum atomic E-state index is 2.57. The van der Waals surface area contributed by atoms with Crippen molar-refractivity contribution in [3.05, 3.63) is 467 Å². The van der Waals surface area contributed by atoms with Crippen molar-refractivity contribution in [3.63, 3.8) is 0 Å². The van der Waals surface area contributed by atoms with E-state index in [1.807, 2.05) is 0 Å². The van der Waals surface area contributed by atoms with Crippen LogP contribution in [0.2, 0.25) is 0 Å². The van der Waals surface area contributed by atoms with Gasteiger partial charge in [0.2, 0.25) is 0 Å². The van der Waals surface area contributed by atoms with Gasteiger partial charge in [0, 0.05) is 0 Å². The molecule has 0 amide bonds. The zero-order valence-corrected chi connectivity index (χ0v) is 56.6. The van der Waals surface area contributed by atoms with Gasteiger partial charge < -0.3 is 0 Å². The highest BCUT2D eigenvalue weighted by Crippen LogP contribution is 2.62. The van der Waals surface area contributed by atoms with Gasteiger partial charge in [0.25, 0.3) is 0 Å². The summed E-state index contributed by atoms with van der Waals surface area (Å²) < 4.78 is 0. The fraction of sp³-hybridized carbons (Fsp3) is 0.0291. The van der Waals surface area contributed by atoms with E-state index in [1.54, 1.807) is 0 Å². The van der Waals surface area contributed by atoms with Crippen molar-refractivity contribution >= 4 is 43.1 Å². The van der Waals surface area contributed by atoms with Crippen LogP contribution in [-0.4, -0.2) is 0 Å². The van der Waals surface area contributed by atoms with Gasteiger partial charge in [-0.15, -0.1) is 0 Å². The molecule has 3 aliphatic carbocycles. The number of fused-ring (bicyclic) bond motifs is 13. The summed E-state index contributed by atoms with van der Waals surface area (Å²) in [7, 11) is 0. The van der Waals surface area contributed by atoms with E-state index in [9.17, 15) is 0 Å². The van der Waals surface area contributed by atoms with Crippen molar-refractivity contribution in [1.82, 2.24) is 0 Å². The van der Waals surface area contributed by atoms with Gasteiger partial charge in [-0.1, -0.05) is 376 Å². The summed E-state index contributed by atoms with van der Waals surface area (Å²) >= 11 is 0. The van der Waals surface area contributed by atoms with Crippen molar-refractivity contribution in [3.8, 4) is 77.9 Å². The molecule has 0 aromatic heterocycles. The lowest BCUT2D eigenvalue weighted by atomic mass is 9.66. The minimum absolute atomic E-state index is 0.525. The van der Waals surface area contributed by atoms with Gasteiger partial charge in [0.05, 0.1) is 16.2 Å². The SMILES string of the molecule is c1ccc(C2(c3ccccc3)c3ccccc3-c3ccc(-c4ccc5c(c4)C(c4ccccc4)(c4ccccc4)c4cc(-c6c7ccccc7c(-c7c8ccccc8c(-c8ccc9c(c8)C(c8ccccc8)(c8ccccc8)c8ccccc8-9)c8ccccc78)c7ccccc67)ccc4-5)cc32)cc1. The highest BCUT2D eigenvalue weighted by Gasteiger charge is 2.50. The molecule has 18 aromatic carbocycles. The van der Waals surface area contributed by atoms with E-state index >= 15 is 0 Å². The largest absolute Gasteiger partial charge is 0.0713 e. The van der Waals surface area contributed by atoms with Crippen LogP contribution in [0.3, 0.4) is 0 Å². The second-order valence-electron chi connectivity index (χ2n) is 28.3. The Hall–Kier alpha value is -13.0. The molecular formula is C103H66. The maximum absolute atomic E-state index is 2.57. The minimum atomic E-state index is -0.692. The van der Waals surface area contributed by atoms with Gasteiger partial charge in [0.1, 0.15) is 0 Å². The minimum Gasteiger partial charge on any atom is -0.0622 e. The van der Waals surface area contributed by atoms with Crippen molar-refractivity contribution in [2.45, 2.75) is 16.2 Å². The van der Waals surface area contributed by atoms with Crippen molar-refractivity contribution < 1.29 is 0 Å². The molecule has 0 bridgehead atoms. The molecule has 0 atom stereocenters. The quantitative estimate of drug-likeness (QED) is 0.120. The Morgan fingerprint density at radius 3 is 0.573 bits per heavy atom. The summed E-state index contributed by atoms with van der Waals surface area (Å²) in [6.07, 6.45) is 0. The predicted octanol–water partition coefficient (Wildman–Crippen LogP) is 26.1. The Labute approximate surface area is 600 Å². The van der Waals surface area contributed by atoms with Crippen LogP contribution in [0, 0.1) is 0 Å². The predicted molar refractivity (Wildman–Crippen MR) is 430 cm³/mol. The average Bonchev–Trinajstić information content (AvgIpc) is 1.56. The number of rotatable bonds is 10. The lowest BCUT2D eigenvalue weighted by Gasteiger charge is -2.35. The van der Waals surface area contributed by atoms with Crippen molar-refractivity contribution in [2.24, 2.45) is 0 Å². The van der Waals surface area contributed by atoms with Gasteiger partial charge in [-0.2, -0.15) is 0 Å². The first-order valence-electron chi connectivity index (χ1n) is 36.1. The van der Waals surface area contributed by atoms with Crippen molar-refractivity contribution in [2.75, 3.05) is 0 Å². The first-order valence-corrected chi connectivity index (χ1v) is 36.1.